The second-order valence-corrected chi connectivity index (χ2v) is 19.3. The average Bonchev–Trinajstić information content (AvgIpc) is 3.24. The Kier molecular flexibility index (Phi) is 46.4. The molecule has 0 aromatic carbocycles. The molecule has 0 rings (SSSR count). The summed E-state index contributed by atoms with van der Waals surface area (Å²) in [7, 11) is 4.37. The van der Waals surface area contributed by atoms with Crippen LogP contribution in [0.5, 0.6) is 0 Å². The van der Waals surface area contributed by atoms with E-state index < -0.39 is 0 Å². The summed E-state index contributed by atoms with van der Waals surface area (Å²) >= 11 is 0. The van der Waals surface area contributed by atoms with E-state index in [1.54, 1.807) is 0 Å². The van der Waals surface area contributed by atoms with Crippen LogP contribution in [0.1, 0.15) is 272 Å². The van der Waals surface area contributed by atoms with Crippen LogP contribution in [0.4, 0.5) is 0 Å². The predicted octanol–water partition coefficient (Wildman–Crippen LogP) is 16.1. The highest BCUT2D eigenvalue weighted by atomic mass is 16.5. The molecule has 0 aliphatic heterocycles. The molecular weight excluding hydrogens is 741 g/mol. The number of carbonyl (C=O) groups is 2. The number of nitrogens with zero attached hydrogens (tertiary/aromatic N) is 2. The number of hydrogen-bond acceptors (Lipinski definition) is 6. The molecule has 358 valence electrons. The van der Waals surface area contributed by atoms with Gasteiger partial charge in [0.2, 0.25) is 0 Å². The van der Waals surface area contributed by atoms with Gasteiger partial charge in [-0.1, -0.05) is 207 Å². The number of carbonyl (C=O) groups excluding carboxylic acids is 2. The van der Waals surface area contributed by atoms with Crippen molar-refractivity contribution in [2.75, 3.05) is 53.5 Å². The van der Waals surface area contributed by atoms with Gasteiger partial charge in [0.05, 0.1) is 13.2 Å². The molecule has 1 atom stereocenters. The Hall–Kier alpha value is -1.14. The molecule has 0 aliphatic carbocycles. The van der Waals surface area contributed by atoms with Crippen molar-refractivity contribution in [3.8, 4) is 0 Å². The van der Waals surface area contributed by atoms with Crippen LogP contribution in [0.25, 0.3) is 0 Å². The van der Waals surface area contributed by atoms with Gasteiger partial charge in [0.1, 0.15) is 0 Å². The molecule has 6 nitrogen and oxygen atoms in total. The number of unbranched alkanes of at least 4 members (excludes halogenated alkanes) is 26. The van der Waals surface area contributed by atoms with Gasteiger partial charge >= 0.3 is 11.9 Å². The monoisotopic (exact) mass is 849 g/mol. The summed E-state index contributed by atoms with van der Waals surface area (Å²) in [6, 6.07) is 0. The zero-order valence-electron chi connectivity index (χ0n) is 41.8. The van der Waals surface area contributed by atoms with Crippen molar-refractivity contribution in [3.05, 3.63) is 0 Å². The maximum atomic E-state index is 12.5. The first-order chi connectivity index (χ1) is 29.4. The minimum atomic E-state index is 0.0272. The predicted molar refractivity (Wildman–Crippen MR) is 262 cm³/mol. The molecule has 0 fully saturated rings. The molecule has 0 aliphatic rings. The summed E-state index contributed by atoms with van der Waals surface area (Å²) < 4.78 is 11.6. The van der Waals surface area contributed by atoms with Gasteiger partial charge in [0.25, 0.3) is 0 Å². The van der Waals surface area contributed by atoms with Gasteiger partial charge < -0.3 is 19.3 Å². The average molecular weight is 849 g/mol. The fraction of sp³-hybridized carbons (Fsp3) is 0.963. The van der Waals surface area contributed by atoms with Gasteiger partial charge in [-0.2, -0.15) is 0 Å². The third kappa shape index (κ3) is 43.5. The molecule has 0 amide bonds. The normalized spacial score (nSPS) is 12.3. The lowest BCUT2D eigenvalue weighted by atomic mass is 9.95. The third-order valence-electron chi connectivity index (χ3n) is 12.9. The molecule has 0 saturated carbocycles. The fourth-order valence-electron chi connectivity index (χ4n) is 8.63. The molecule has 0 saturated heterocycles. The van der Waals surface area contributed by atoms with Crippen molar-refractivity contribution in [2.45, 2.75) is 272 Å². The molecule has 0 bridgehead atoms. The summed E-state index contributed by atoms with van der Waals surface area (Å²) in [4.78, 5) is 30.0. The van der Waals surface area contributed by atoms with Gasteiger partial charge in [-0.3, -0.25) is 9.59 Å². The van der Waals surface area contributed by atoms with Gasteiger partial charge in [-0.05, 0) is 90.4 Å². The number of ether oxygens (including phenoxy) is 2. The first kappa shape index (κ1) is 58.9. The van der Waals surface area contributed by atoms with Crippen LogP contribution in [0.15, 0.2) is 0 Å². The highest BCUT2D eigenvalue weighted by Crippen LogP contribution is 2.22. The Balaban J connectivity index is 4.07. The largest absolute Gasteiger partial charge is 0.465 e. The number of rotatable bonds is 49. The molecule has 1 unspecified atom stereocenters. The van der Waals surface area contributed by atoms with Crippen molar-refractivity contribution in [1.29, 1.82) is 0 Å². The van der Waals surface area contributed by atoms with Crippen LogP contribution >= 0.6 is 0 Å². The molecule has 60 heavy (non-hydrogen) atoms. The van der Waals surface area contributed by atoms with E-state index in [0.717, 1.165) is 38.8 Å². The Morgan fingerprint density at radius 1 is 0.350 bits per heavy atom. The highest BCUT2D eigenvalue weighted by Gasteiger charge is 2.14. The van der Waals surface area contributed by atoms with Crippen LogP contribution in [-0.2, 0) is 19.1 Å². The topological polar surface area (TPSA) is 59.1 Å². The molecule has 0 heterocycles. The summed E-state index contributed by atoms with van der Waals surface area (Å²) in [6.07, 6.45) is 46.7. The smallest absolute Gasteiger partial charge is 0.305 e. The van der Waals surface area contributed by atoms with Gasteiger partial charge in [0, 0.05) is 25.9 Å². The van der Waals surface area contributed by atoms with Gasteiger partial charge in [-0.15, -0.1) is 0 Å². The van der Waals surface area contributed by atoms with Crippen molar-refractivity contribution >= 4 is 11.9 Å². The van der Waals surface area contributed by atoms with Crippen LogP contribution in [0.3, 0.4) is 0 Å². The van der Waals surface area contributed by atoms with E-state index >= 15 is 0 Å². The van der Waals surface area contributed by atoms with Crippen molar-refractivity contribution in [1.82, 2.24) is 9.80 Å². The lowest BCUT2D eigenvalue weighted by molar-refractivity contribution is -0.146. The maximum Gasteiger partial charge on any atom is 0.305 e. The van der Waals surface area contributed by atoms with E-state index in [1.165, 1.54) is 219 Å². The highest BCUT2D eigenvalue weighted by molar-refractivity contribution is 5.69. The van der Waals surface area contributed by atoms with E-state index in [1.807, 2.05) is 0 Å². The van der Waals surface area contributed by atoms with Gasteiger partial charge in [-0.25, -0.2) is 0 Å². The second-order valence-electron chi connectivity index (χ2n) is 19.3. The molecule has 0 N–H and O–H groups in total. The first-order valence-electron chi connectivity index (χ1n) is 27.0. The lowest BCUT2D eigenvalue weighted by Crippen LogP contribution is -2.33. The van der Waals surface area contributed by atoms with Crippen LogP contribution < -0.4 is 0 Å². The minimum absolute atomic E-state index is 0.0272. The molecule has 0 aromatic rings. The van der Waals surface area contributed by atoms with E-state index in [2.05, 4.69) is 51.6 Å². The standard InChI is InChI=1S/C54H108N2O4/c1-7-11-15-19-26-34-42-52(41-33-18-14-10-4)50-60-54(58)44-36-28-23-21-25-30-38-46-56(48-47-55(5)6)45-37-29-24-20-22-27-35-43-53(57)59-49-51(39-31-16-12-8-2)40-32-17-13-9-3/h51-52H,7-50H2,1-6H3. The summed E-state index contributed by atoms with van der Waals surface area (Å²) in [5.41, 5.74) is 0. The van der Waals surface area contributed by atoms with Gasteiger partial charge in [0.15, 0.2) is 0 Å². The van der Waals surface area contributed by atoms with Crippen LogP contribution in [0, 0.1) is 11.8 Å². The van der Waals surface area contributed by atoms with Crippen molar-refractivity contribution < 1.29 is 19.1 Å². The van der Waals surface area contributed by atoms with E-state index in [9.17, 15) is 9.59 Å². The third-order valence-corrected chi connectivity index (χ3v) is 12.9. The summed E-state index contributed by atoms with van der Waals surface area (Å²) in [5, 5.41) is 0. The Morgan fingerprint density at radius 3 is 0.967 bits per heavy atom. The zero-order valence-corrected chi connectivity index (χ0v) is 41.8. The second kappa shape index (κ2) is 47.3. The molecule has 0 radical (unpaired) electrons. The van der Waals surface area contributed by atoms with Crippen LogP contribution in [0.2, 0.25) is 0 Å². The molecule has 6 heteroatoms. The number of esters is 2. The first-order valence-corrected chi connectivity index (χ1v) is 27.0. The molecule has 0 spiro atoms. The SMILES string of the molecule is CCCCCCCCC(CCCCCC)COC(=O)CCCCCCCCCN(CCCCCCCCCC(=O)OCC(CCCCCC)CCCCCC)CCN(C)C. The number of hydrogen-bond donors (Lipinski definition) is 0. The Morgan fingerprint density at radius 2 is 0.633 bits per heavy atom. The summed E-state index contributed by atoms with van der Waals surface area (Å²) in [5.74, 6) is 1.17. The van der Waals surface area contributed by atoms with E-state index in [4.69, 9.17) is 9.47 Å². The lowest BCUT2D eigenvalue weighted by Gasteiger charge is -2.24. The maximum absolute atomic E-state index is 12.5. The number of likely N-dealkylation sites (N-methyl/N-ethyl adjacent to an activating group) is 1. The van der Waals surface area contributed by atoms with Crippen molar-refractivity contribution in [3.63, 3.8) is 0 Å². The van der Waals surface area contributed by atoms with Crippen molar-refractivity contribution in [2.24, 2.45) is 11.8 Å². The summed E-state index contributed by atoms with van der Waals surface area (Å²) in [6.45, 7) is 15.1. The quantitative estimate of drug-likeness (QED) is 0.0449. The van der Waals surface area contributed by atoms with Crippen LogP contribution in [-0.4, -0.2) is 75.2 Å². The fourth-order valence-corrected chi connectivity index (χ4v) is 8.63. The molecular formula is C54H108N2O4. The minimum Gasteiger partial charge on any atom is -0.465 e. The van der Waals surface area contributed by atoms with E-state index in [0.29, 0.717) is 37.9 Å². The van der Waals surface area contributed by atoms with E-state index in [-0.39, 0.29) is 11.9 Å². The molecule has 0 aromatic heterocycles. The zero-order chi connectivity index (χ0) is 44.0. The Labute approximate surface area is 376 Å². The Bertz CT molecular complexity index is 870.